The quantitative estimate of drug-likeness (QED) is 0.921. The van der Waals surface area contributed by atoms with Gasteiger partial charge in [0.1, 0.15) is 5.82 Å². The van der Waals surface area contributed by atoms with Gasteiger partial charge in [-0.1, -0.05) is 19.1 Å². The summed E-state index contributed by atoms with van der Waals surface area (Å²) in [6, 6.07) is 6.54. The first kappa shape index (κ1) is 14.3. The number of benzene rings is 1. The summed E-state index contributed by atoms with van der Waals surface area (Å²) in [7, 11) is 0. The lowest BCUT2D eigenvalue weighted by Crippen LogP contribution is -2.05. The molecule has 0 fully saturated rings. The third-order valence-corrected chi connectivity index (χ3v) is 2.68. The molecule has 2 aromatic rings. The van der Waals surface area contributed by atoms with E-state index in [1.807, 2.05) is 6.92 Å². The highest BCUT2D eigenvalue weighted by atomic mass is 19.4. The van der Waals surface area contributed by atoms with E-state index in [0.29, 0.717) is 17.2 Å². The van der Waals surface area contributed by atoms with Gasteiger partial charge in [-0.3, -0.25) is 0 Å². The number of hydrogen-bond acceptors (Lipinski definition) is 3. The average Bonchev–Trinajstić information content (AvgIpc) is 2.45. The number of aromatic nitrogens is 2. The molecular formula is C14H14F3N3. The first-order valence-electron chi connectivity index (χ1n) is 6.25. The third-order valence-electron chi connectivity index (χ3n) is 2.68. The van der Waals surface area contributed by atoms with Crippen LogP contribution in [-0.4, -0.2) is 16.5 Å². The Kier molecular flexibility index (Phi) is 4.22. The highest BCUT2D eigenvalue weighted by molar-refractivity contribution is 5.57. The van der Waals surface area contributed by atoms with E-state index in [0.717, 1.165) is 25.1 Å². The molecule has 1 aromatic heterocycles. The van der Waals surface area contributed by atoms with Crippen molar-refractivity contribution >= 4 is 5.82 Å². The number of halogens is 3. The second-order valence-electron chi connectivity index (χ2n) is 4.27. The third kappa shape index (κ3) is 3.46. The van der Waals surface area contributed by atoms with E-state index >= 15 is 0 Å². The van der Waals surface area contributed by atoms with Gasteiger partial charge in [-0.15, -0.1) is 0 Å². The Bertz CT molecular complexity index is 565. The van der Waals surface area contributed by atoms with E-state index < -0.39 is 11.7 Å². The van der Waals surface area contributed by atoms with Crippen molar-refractivity contribution in [1.29, 1.82) is 0 Å². The molecule has 0 atom stereocenters. The Balaban J connectivity index is 2.23. The molecule has 0 spiro atoms. The van der Waals surface area contributed by atoms with Crippen LogP contribution in [0.25, 0.3) is 11.4 Å². The summed E-state index contributed by atoms with van der Waals surface area (Å²) in [6.45, 7) is 2.81. The molecule has 2 rings (SSSR count). The summed E-state index contributed by atoms with van der Waals surface area (Å²) in [5.74, 6) is 1.07. The van der Waals surface area contributed by atoms with Crippen LogP contribution in [0.15, 0.2) is 36.5 Å². The predicted octanol–water partition coefficient (Wildman–Crippen LogP) is 3.98. The topological polar surface area (TPSA) is 37.8 Å². The SMILES string of the molecule is CCCNc1ccnc(-c2ccc(C(F)(F)F)cc2)n1. The lowest BCUT2D eigenvalue weighted by molar-refractivity contribution is -0.137. The summed E-state index contributed by atoms with van der Waals surface area (Å²) < 4.78 is 37.5. The molecule has 0 aliphatic rings. The molecular weight excluding hydrogens is 267 g/mol. The standard InChI is InChI=1S/C14H14F3N3/c1-2-8-18-12-7-9-19-13(20-12)10-3-5-11(6-4-10)14(15,16)17/h3-7,9H,2,8H2,1H3,(H,18,19,20). The number of hydrogen-bond donors (Lipinski definition) is 1. The summed E-state index contributed by atoms with van der Waals surface area (Å²) in [4.78, 5) is 8.35. The Morgan fingerprint density at radius 2 is 1.80 bits per heavy atom. The second kappa shape index (κ2) is 5.90. The Labute approximate surface area is 114 Å². The van der Waals surface area contributed by atoms with Crippen molar-refractivity contribution in [2.45, 2.75) is 19.5 Å². The van der Waals surface area contributed by atoms with Crippen molar-refractivity contribution in [3.63, 3.8) is 0 Å². The van der Waals surface area contributed by atoms with Gasteiger partial charge in [0.2, 0.25) is 0 Å². The summed E-state index contributed by atoms with van der Waals surface area (Å²) in [5.41, 5.74) is -0.125. The second-order valence-corrected chi connectivity index (χ2v) is 4.27. The van der Waals surface area contributed by atoms with Crippen LogP contribution in [-0.2, 0) is 6.18 Å². The largest absolute Gasteiger partial charge is 0.416 e. The van der Waals surface area contributed by atoms with Crippen LogP contribution in [0.5, 0.6) is 0 Å². The van der Waals surface area contributed by atoms with Crippen molar-refractivity contribution in [2.75, 3.05) is 11.9 Å². The van der Waals surface area contributed by atoms with Crippen LogP contribution in [0.4, 0.5) is 19.0 Å². The van der Waals surface area contributed by atoms with Crippen LogP contribution in [0.3, 0.4) is 0 Å². The van der Waals surface area contributed by atoms with Gasteiger partial charge in [-0.05, 0) is 24.6 Å². The fourth-order valence-electron chi connectivity index (χ4n) is 1.66. The maximum atomic E-state index is 12.5. The molecule has 6 heteroatoms. The molecule has 0 radical (unpaired) electrons. The number of alkyl halides is 3. The molecule has 3 nitrogen and oxygen atoms in total. The van der Waals surface area contributed by atoms with E-state index in [1.54, 1.807) is 12.3 Å². The highest BCUT2D eigenvalue weighted by Crippen LogP contribution is 2.30. The molecule has 0 aliphatic heterocycles. The molecule has 1 aromatic carbocycles. The van der Waals surface area contributed by atoms with Gasteiger partial charge in [-0.2, -0.15) is 13.2 Å². The lowest BCUT2D eigenvalue weighted by atomic mass is 10.1. The fraction of sp³-hybridized carbons (Fsp3) is 0.286. The molecule has 106 valence electrons. The molecule has 1 heterocycles. The molecule has 0 saturated carbocycles. The van der Waals surface area contributed by atoms with Crippen molar-refractivity contribution in [1.82, 2.24) is 9.97 Å². The summed E-state index contributed by atoms with van der Waals surface area (Å²) in [6.07, 6.45) is -1.79. The molecule has 20 heavy (non-hydrogen) atoms. The first-order chi connectivity index (χ1) is 9.50. The molecule has 0 saturated heterocycles. The minimum absolute atomic E-state index is 0.403. The van der Waals surface area contributed by atoms with Crippen LogP contribution < -0.4 is 5.32 Å². The number of nitrogens with zero attached hydrogens (tertiary/aromatic N) is 2. The van der Waals surface area contributed by atoms with Crippen LogP contribution >= 0.6 is 0 Å². The van der Waals surface area contributed by atoms with E-state index in [4.69, 9.17) is 0 Å². The zero-order chi connectivity index (χ0) is 14.6. The summed E-state index contributed by atoms with van der Waals surface area (Å²) in [5, 5.41) is 3.11. The van der Waals surface area contributed by atoms with Gasteiger partial charge < -0.3 is 5.32 Å². The maximum Gasteiger partial charge on any atom is 0.416 e. The van der Waals surface area contributed by atoms with E-state index in [9.17, 15) is 13.2 Å². The van der Waals surface area contributed by atoms with Gasteiger partial charge in [0.05, 0.1) is 5.56 Å². The van der Waals surface area contributed by atoms with Crippen molar-refractivity contribution in [3.8, 4) is 11.4 Å². The predicted molar refractivity (Wildman–Crippen MR) is 71.3 cm³/mol. The normalized spacial score (nSPS) is 11.4. The first-order valence-corrected chi connectivity index (χ1v) is 6.25. The monoisotopic (exact) mass is 281 g/mol. The van der Waals surface area contributed by atoms with Crippen LogP contribution in [0.1, 0.15) is 18.9 Å². The van der Waals surface area contributed by atoms with E-state index in [2.05, 4.69) is 15.3 Å². The number of anilines is 1. The number of nitrogens with one attached hydrogen (secondary N) is 1. The van der Waals surface area contributed by atoms with Gasteiger partial charge in [-0.25, -0.2) is 9.97 Å². The van der Waals surface area contributed by atoms with Crippen LogP contribution in [0.2, 0.25) is 0 Å². The fourth-order valence-corrected chi connectivity index (χ4v) is 1.66. The van der Waals surface area contributed by atoms with Gasteiger partial charge in [0.25, 0.3) is 0 Å². The Morgan fingerprint density at radius 3 is 2.40 bits per heavy atom. The van der Waals surface area contributed by atoms with Crippen molar-refractivity contribution < 1.29 is 13.2 Å². The van der Waals surface area contributed by atoms with E-state index in [-0.39, 0.29) is 0 Å². The molecule has 0 amide bonds. The zero-order valence-corrected chi connectivity index (χ0v) is 10.9. The smallest absolute Gasteiger partial charge is 0.370 e. The molecule has 0 unspecified atom stereocenters. The highest BCUT2D eigenvalue weighted by Gasteiger charge is 2.30. The van der Waals surface area contributed by atoms with Gasteiger partial charge >= 0.3 is 6.18 Å². The zero-order valence-electron chi connectivity index (χ0n) is 10.9. The number of rotatable bonds is 4. The molecule has 0 bridgehead atoms. The van der Waals surface area contributed by atoms with Gasteiger partial charge in [0.15, 0.2) is 5.82 Å². The Morgan fingerprint density at radius 1 is 1.10 bits per heavy atom. The van der Waals surface area contributed by atoms with Crippen molar-refractivity contribution in [3.05, 3.63) is 42.1 Å². The minimum Gasteiger partial charge on any atom is -0.370 e. The molecule has 1 N–H and O–H groups in total. The van der Waals surface area contributed by atoms with Gasteiger partial charge in [0, 0.05) is 18.3 Å². The minimum atomic E-state index is -4.33. The average molecular weight is 281 g/mol. The lowest BCUT2D eigenvalue weighted by Gasteiger charge is -2.08. The van der Waals surface area contributed by atoms with Crippen molar-refractivity contribution in [2.24, 2.45) is 0 Å². The maximum absolute atomic E-state index is 12.5. The molecule has 0 aliphatic carbocycles. The van der Waals surface area contributed by atoms with E-state index in [1.165, 1.54) is 12.1 Å². The summed E-state index contributed by atoms with van der Waals surface area (Å²) >= 11 is 0. The Hall–Kier alpha value is -2.11. The van der Waals surface area contributed by atoms with Crippen LogP contribution in [0, 0.1) is 0 Å².